The van der Waals surface area contributed by atoms with Crippen LogP contribution in [0.4, 0.5) is 18.0 Å². The zero-order valence-electron chi connectivity index (χ0n) is 15.2. The van der Waals surface area contributed by atoms with E-state index in [-0.39, 0.29) is 31.7 Å². The normalized spacial score (nSPS) is 17.2. The van der Waals surface area contributed by atoms with E-state index < -0.39 is 28.5 Å². The van der Waals surface area contributed by atoms with Gasteiger partial charge < -0.3 is 9.47 Å². The smallest absolute Gasteiger partial charge is 0.435 e. The molecule has 0 atom stereocenters. The number of nitrogens with zero attached hydrogens (tertiary/aromatic N) is 2. The van der Waals surface area contributed by atoms with Gasteiger partial charge in [-0.15, -0.1) is 5.10 Å². The van der Waals surface area contributed by atoms with Gasteiger partial charge in [-0.1, -0.05) is 5.21 Å². The van der Waals surface area contributed by atoms with Crippen molar-refractivity contribution in [3.63, 3.8) is 0 Å². The number of rotatable bonds is 5. The van der Waals surface area contributed by atoms with Gasteiger partial charge >= 0.3 is 12.3 Å². The number of hydrogen-bond acceptors (Lipinski definition) is 4. The van der Waals surface area contributed by atoms with Crippen LogP contribution >= 0.6 is 0 Å². The fourth-order valence-corrected chi connectivity index (χ4v) is 2.74. The molecule has 1 aromatic rings. The fourth-order valence-electron chi connectivity index (χ4n) is 2.74. The lowest BCUT2D eigenvalue weighted by Gasteiger charge is -2.30. The summed E-state index contributed by atoms with van der Waals surface area (Å²) in [6.45, 7) is 5.30. The molecule has 0 spiro atoms. The van der Waals surface area contributed by atoms with Gasteiger partial charge in [0.1, 0.15) is 21.3 Å². The lowest BCUT2D eigenvalue weighted by molar-refractivity contribution is -0.190. The number of aromatic nitrogens is 2. The molecule has 0 radical (unpaired) electrons. The molecule has 0 amide bonds. The average Bonchev–Trinajstić information content (AvgIpc) is 3.02. The summed E-state index contributed by atoms with van der Waals surface area (Å²) >= 11 is 0. The van der Waals surface area contributed by atoms with Crippen molar-refractivity contribution in [2.24, 2.45) is 5.41 Å². The summed E-state index contributed by atoms with van der Waals surface area (Å²) < 4.78 is 51.0. The van der Waals surface area contributed by atoms with Crippen molar-refractivity contribution in [2.75, 3.05) is 6.61 Å². The van der Waals surface area contributed by atoms with Crippen molar-refractivity contribution in [2.45, 2.75) is 57.0 Å². The molecular formula is C15H23B2F3N2O3. The Morgan fingerprint density at radius 1 is 1.32 bits per heavy atom. The van der Waals surface area contributed by atoms with Crippen LogP contribution in [0.2, 0.25) is 5.21 Å². The van der Waals surface area contributed by atoms with Gasteiger partial charge in [0.15, 0.2) is 0 Å². The second-order valence-electron chi connectivity index (χ2n) is 8.49. The Hall–Kier alpha value is -1.60. The van der Waals surface area contributed by atoms with E-state index in [4.69, 9.17) is 9.47 Å². The Balaban J connectivity index is 1.92. The van der Waals surface area contributed by atoms with Crippen molar-refractivity contribution in [3.05, 3.63) is 12.3 Å². The molecule has 1 saturated carbocycles. The van der Waals surface area contributed by atoms with E-state index in [1.165, 1.54) is 12.3 Å². The lowest BCUT2D eigenvalue weighted by atomic mass is 9.51. The van der Waals surface area contributed by atoms with Gasteiger partial charge in [-0.25, -0.2) is 4.79 Å². The quantitative estimate of drug-likeness (QED) is 0.758. The number of carbonyl (C=O) groups excluding carboxylic acids is 1. The third-order valence-corrected chi connectivity index (χ3v) is 4.03. The molecule has 0 aromatic carbocycles. The maximum atomic E-state index is 13.1. The molecule has 25 heavy (non-hydrogen) atoms. The first kappa shape index (κ1) is 19.7. The predicted molar refractivity (Wildman–Crippen MR) is 91.5 cm³/mol. The van der Waals surface area contributed by atoms with E-state index in [1.54, 1.807) is 36.5 Å². The average molecular weight is 358 g/mol. The van der Waals surface area contributed by atoms with Crippen LogP contribution in [0.25, 0.3) is 0 Å². The van der Waals surface area contributed by atoms with E-state index in [0.717, 1.165) is 4.68 Å². The molecule has 5 nitrogen and oxygen atoms in total. The van der Waals surface area contributed by atoms with Crippen molar-refractivity contribution in [1.29, 1.82) is 0 Å². The number of hydrogen-bond donors (Lipinski definition) is 0. The first-order valence-corrected chi connectivity index (χ1v) is 8.22. The zero-order chi connectivity index (χ0) is 19.1. The lowest BCUT2D eigenvalue weighted by Crippen LogP contribution is -2.33. The molecule has 0 N–H and O–H groups in total. The molecule has 0 saturated heterocycles. The molecule has 0 bridgehead atoms. The molecule has 1 heterocycles. The van der Waals surface area contributed by atoms with Gasteiger partial charge in [0, 0.05) is 12.3 Å². The Morgan fingerprint density at radius 3 is 2.40 bits per heavy atom. The number of ether oxygens (including phenoxy) is 2. The van der Waals surface area contributed by atoms with Crippen molar-refractivity contribution >= 4 is 21.8 Å². The van der Waals surface area contributed by atoms with Crippen LogP contribution in [-0.2, 0) is 4.74 Å². The van der Waals surface area contributed by atoms with E-state index in [1.807, 2.05) is 0 Å². The Bertz CT molecular complexity index is 635. The zero-order valence-corrected chi connectivity index (χ0v) is 15.2. The third kappa shape index (κ3) is 5.19. The molecule has 2 rings (SSSR count). The van der Waals surface area contributed by atoms with Gasteiger partial charge in [-0.3, -0.25) is 0 Å². The van der Waals surface area contributed by atoms with Crippen molar-refractivity contribution in [3.8, 4) is 5.88 Å². The standard InChI is InChI=1S/C15H23B2F3N2O3/c1-12(2,3)25-11(23)22-7-4-10(21-22)24-9-14(16,17)8-13(5-6-13)15(18,19)20/h4,7H,5-6,8-9,16-17H2,1-3H3. The molecule has 0 unspecified atom stereocenters. The van der Waals surface area contributed by atoms with Gasteiger partial charge in [-0.2, -0.15) is 17.9 Å². The van der Waals surface area contributed by atoms with Gasteiger partial charge in [0.25, 0.3) is 0 Å². The second-order valence-corrected chi connectivity index (χ2v) is 8.49. The highest BCUT2D eigenvalue weighted by Crippen LogP contribution is 2.63. The first-order chi connectivity index (χ1) is 11.2. The summed E-state index contributed by atoms with van der Waals surface area (Å²) in [5.41, 5.74) is -2.22. The summed E-state index contributed by atoms with van der Waals surface area (Å²) in [4.78, 5) is 11.9. The van der Waals surface area contributed by atoms with Gasteiger partial charge in [-0.05, 0) is 40.0 Å². The second kappa shape index (κ2) is 6.29. The Morgan fingerprint density at radius 2 is 1.92 bits per heavy atom. The fraction of sp³-hybridized carbons (Fsp3) is 0.733. The molecule has 1 aromatic heterocycles. The van der Waals surface area contributed by atoms with E-state index in [0.29, 0.717) is 0 Å². The first-order valence-electron chi connectivity index (χ1n) is 8.22. The molecule has 0 aliphatic heterocycles. The summed E-state index contributed by atoms with van der Waals surface area (Å²) in [5.74, 6) is 0.177. The minimum atomic E-state index is -4.18. The maximum absolute atomic E-state index is 13.1. The Kier molecular flexibility index (Phi) is 4.96. The highest BCUT2D eigenvalue weighted by atomic mass is 19.4. The van der Waals surface area contributed by atoms with Crippen molar-refractivity contribution < 1.29 is 27.4 Å². The van der Waals surface area contributed by atoms with Gasteiger partial charge in [0.2, 0.25) is 5.88 Å². The molecule has 10 heteroatoms. The van der Waals surface area contributed by atoms with Crippen LogP contribution in [0.15, 0.2) is 12.3 Å². The minimum absolute atomic E-state index is 0.0102. The monoisotopic (exact) mass is 358 g/mol. The van der Waals surface area contributed by atoms with Crippen LogP contribution in [0, 0.1) is 5.41 Å². The van der Waals surface area contributed by atoms with E-state index in [2.05, 4.69) is 5.10 Å². The molecule has 1 fully saturated rings. The third-order valence-electron chi connectivity index (χ3n) is 4.03. The topological polar surface area (TPSA) is 53.4 Å². The van der Waals surface area contributed by atoms with Crippen LogP contribution < -0.4 is 4.74 Å². The van der Waals surface area contributed by atoms with Crippen LogP contribution in [0.5, 0.6) is 5.88 Å². The molecule has 1 aliphatic rings. The summed E-state index contributed by atoms with van der Waals surface area (Å²) in [6.07, 6.45) is -3.07. The minimum Gasteiger partial charge on any atom is -0.478 e. The predicted octanol–water partition coefficient (Wildman–Crippen LogP) is 2.16. The molecular weight excluding hydrogens is 335 g/mol. The molecule has 1 aliphatic carbocycles. The van der Waals surface area contributed by atoms with Crippen LogP contribution in [0.1, 0.15) is 40.0 Å². The maximum Gasteiger partial charge on any atom is 0.435 e. The van der Waals surface area contributed by atoms with Gasteiger partial charge in [0.05, 0.1) is 12.0 Å². The molecule has 138 valence electrons. The summed E-state index contributed by atoms with van der Waals surface area (Å²) in [6, 6.07) is 1.48. The number of alkyl halides is 3. The largest absolute Gasteiger partial charge is 0.478 e. The SMILES string of the molecule is BC(B)(COc1ccn(C(=O)OC(C)(C)C)n1)CC1(C(F)(F)F)CC1. The number of carbonyl (C=O) groups is 1. The summed E-state index contributed by atoms with van der Waals surface area (Å²) in [5, 5.41) is 3.29. The summed E-state index contributed by atoms with van der Waals surface area (Å²) in [7, 11) is 3.48. The van der Waals surface area contributed by atoms with Crippen LogP contribution in [0.3, 0.4) is 0 Å². The van der Waals surface area contributed by atoms with Crippen LogP contribution in [-0.4, -0.2) is 50.0 Å². The van der Waals surface area contributed by atoms with E-state index in [9.17, 15) is 18.0 Å². The number of halogens is 3. The highest BCUT2D eigenvalue weighted by Gasteiger charge is 2.64. The van der Waals surface area contributed by atoms with E-state index >= 15 is 0 Å². The highest BCUT2D eigenvalue weighted by molar-refractivity contribution is 6.40. The Labute approximate surface area is 147 Å². The van der Waals surface area contributed by atoms with Crippen molar-refractivity contribution in [1.82, 2.24) is 9.78 Å².